The van der Waals surface area contributed by atoms with E-state index in [9.17, 15) is 5.11 Å². The van der Waals surface area contributed by atoms with Crippen LogP contribution in [0.2, 0.25) is 0 Å². The number of rotatable bonds is 9. The third kappa shape index (κ3) is 4.93. The highest BCUT2D eigenvalue weighted by molar-refractivity contribution is 7.79. The number of fused-ring (bicyclic) bond motifs is 1. The Bertz CT molecular complexity index is 1540. The van der Waals surface area contributed by atoms with E-state index in [1.54, 1.807) is 10.8 Å². The second-order valence-corrected chi connectivity index (χ2v) is 12.0. The minimum atomic E-state index is -3.48. The summed E-state index contributed by atoms with van der Waals surface area (Å²) >= 11 is 0. The van der Waals surface area contributed by atoms with Crippen molar-refractivity contribution in [2.45, 2.75) is 25.6 Å². The van der Waals surface area contributed by atoms with Crippen molar-refractivity contribution < 1.29 is 14.4 Å². The molecule has 0 aliphatic carbocycles. The molecule has 0 aliphatic heterocycles. The van der Waals surface area contributed by atoms with Gasteiger partial charge in [0, 0.05) is 10.6 Å². The van der Waals surface area contributed by atoms with Crippen molar-refractivity contribution in [1.29, 1.82) is 0 Å². The Labute approximate surface area is 222 Å². The number of para-hydroxylation sites is 1. The molecule has 0 aliphatic rings. The Hall–Kier alpha value is -3.99. The first-order valence-electron chi connectivity index (χ1n) is 12.6. The van der Waals surface area contributed by atoms with Gasteiger partial charge in [-0.3, -0.25) is 0 Å². The van der Waals surface area contributed by atoms with Gasteiger partial charge in [0.1, 0.15) is 5.52 Å². The predicted octanol–water partition coefficient (Wildman–Crippen LogP) is 5.69. The zero-order chi connectivity index (χ0) is 26.5. The first-order valence-corrected chi connectivity index (χ1v) is 14.4. The van der Waals surface area contributed by atoms with E-state index in [2.05, 4.69) is 10.3 Å². The average molecular weight is 524 g/mol. The van der Waals surface area contributed by atoms with E-state index >= 15 is 4.57 Å². The number of aliphatic hydroxyl groups excluding tert-OH is 1. The number of hydrogen-bond donors (Lipinski definition) is 1. The molecule has 0 amide bonds. The molecule has 5 rings (SSSR count). The highest BCUT2D eigenvalue weighted by Crippen LogP contribution is 2.54. The Balaban J connectivity index is 1.77. The van der Waals surface area contributed by atoms with Crippen molar-refractivity contribution >= 4 is 34.7 Å². The van der Waals surface area contributed by atoms with Crippen molar-refractivity contribution in [1.82, 2.24) is 15.0 Å². The Kier molecular flexibility index (Phi) is 7.54. The molecule has 6 nitrogen and oxygen atoms in total. The zero-order valence-electron chi connectivity index (χ0n) is 21.4. The molecule has 7 heteroatoms. The van der Waals surface area contributed by atoms with Gasteiger partial charge in [-0.15, -0.1) is 5.10 Å². The standard InChI is InChI=1S/C31H30N3O3P/c1-3-37-30(34-28-17-11-10-16-27(28)32-33-34)22-29(31(35)24-20-18-23(2)19-21-24)38(36,25-12-6-4-7-13-25)26-14-8-5-9-15-26/h4-22,29,31,35H,3H2,1-2H3. The number of aliphatic hydroxyl groups is 1. The molecule has 5 aromatic rings. The third-order valence-corrected chi connectivity index (χ3v) is 10.0. The lowest BCUT2D eigenvalue weighted by molar-refractivity contribution is 0.182. The Morgan fingerprint density at radius 3 is 2.08 bits per heavy atom. The minimum Gasteiger partial charge on any atom is -0.478 e. The topological polar surface area (TPSA) is 77.2 Å². The smallest absolute Gasteiger partial charge is 0.213 e. The van der Waals surface area contributed by atoms with Gasteiger partial charge in [0.05, 0.1) is 23.9 Å². The SMILES string of the molecule is CCOC(=CC(C(O)c1ccc(C)cc1)P(=O)(c1ccccc1)c1ccccc1)n1nnc2ccccc21. The molecule has 1 N–H and O–H groups in total. The van der Waals surface area contributed by atoms with Crippen molar-refractivity contribution in [2.75, 3.05) is 6.61 Å². The summed E-state index contributed by atoms with van der Waals surface area (Å²) in [6.07, 6.45) is 0.669. The van der Waals surface area contributed by atoms with E-state index in [0.29, 0.717) is 34.2 Å². The van der Waals surface area contributed by atoms with Crippen LogP contribution in [0, 0.1) is 6.92 Å². The maximum Gasteiger partial charge on any atom is 0.213 e. The molecule has 192 valence electrons. The third-order valence-electron chi connectivity index (χ3n) is 6.61. The Morgan fingerprint density at radius 2 is 1.47 bits per heavy atom. The van der Waals surface area contributed by atoms with E-state index in [-0.39, 0.29) is 0 Å². The van der Waals surface area contributed by atoms with Crippen LogP contribution in [-0.4, -0.2) is 32.4 Å². The summed E-state index contributed by atoms with van der Waals surface area (Å²) in [7, 11) is -3.48. The quantitative estimate of drug-likeness (QED) is 0.198. The fourth-order valence-corrected chi connectivity index (χ4v) is 7.78. The van der Waals surface area contributed by atoms with Gasteiger partial charge in [0.2, 0.25) is 5.88 Å². The van der Waals surface area contributed by atoms with Crippen LogP contribution < -0.4 is 10.6 Å². The van der Waals surface area contributed by atoms with Crippen LogP contribution in [-0.2, 0) is 9.30 Å². The molecule has 0 saturated heterocycles. The van der Waals surface area contributed by atoms with Gasteiger partial charge < -0.3 is 14.4 Å². The number of aryl methyl sites for hydroxylation is 1. The van der Waals surface area contributed by atoms with Crippen LogP contribution in [0.25, 0.3) is 16.9 Å². The minimum absolute atomic E-state index is 0.355. The molecule has 0 spiro atoms. The summed E-state index contributed by atoms with van der Waals surface area (Å²) in [6.45, 7) is 4.23. The molecular weight excluding hydrogens is 493 g/mol. The van der Waals surface area contributed by atoms with E-state index in [4.69, 9.17) is 4.74 Å². The van der Waals surface area contributed by atoms with E-state index < -0.39 is 18.9 Å². The van der Waals surface area contributed by atoms with Gasteiger partial charge in [-0.2, -0.15) is 4.68 Å². The molecule has 2 unspecified atom stereocenters. The fourth-order valence-electron chi connectivity index (χ4n) is 4.65. The lowest BCUT2D eigenvalue weighted by Crippen LogP contribution is -2.30. The van der Waals surface area contributed by atoms with Gasteiger partial charge >= 0.3 is 0 Å². The molecule has 0 fully saturated rings. The Morgan fingerprint density at radius 1 is 0.895 bits per heavy atom. The summed E-state index contributed by atoms with van der Waals surface area (Å²) in [6, 6.07) is 34.0. The summed E-state index contributed by atoms with van der Waals surface area (Å²) in [4.78, 5) is 0. The van der Waals surface area contributed by atoms with Crippen LogP contribution in [0.5, 0.6) is 0 Å². The lowest BCUT2D eigenvalue weighted by atomic mass is 10.0. The molecule has 0 radical (unpaired) electrons. The lowest BCUT2D eigenvalue weighted by Gasteiger charge is -2.31. The van der Waals surface area contributed by atoms with E-state index in [1.165, 1.54) is 0 Å². The van der Waals surface area contributed by atoms with Crippen LogP contribution in [0.15, 0.2) is 115 Å². The molecule has 1 heterocycles. The number of benzene rings is 4. The number of nitrogens with zero attached hydrogens (tertiary/aromatic N) is 3. The maximum absolute atomic E-state index is 15.5. The van der Waals surface area contributed by atoms with Gasteiger partial charge in [-0.25, -0.2) is 0 Å². The molecular formula is C31H30N3O3P. The molecule has 4 aromatic carbocycles. The van der Waals surface area contributed by atoms with Crippen LogP contribution in [0.1, 0.15) is 24.2 Å². The van der Waals surface area contributed by atoms with Crippen molar-refractivity contribution in [3.8, 4) is 0 Å². The van der Waals surface area contributed by atoms with Crippen LogP contribution in [0.4, 0.5) is 0 Å². The molecule has 0 bridgehead atoms. The molecule has 38 heavy (non-hydrogen) atoms. The average Bonchev–Trinajstić information content (AvgIpc) is 3.40. The fraction of sp³-hybridized carbons (Fsp3) is 0.161. The first kappa shape index (κ1) is 25.7. The van der Waals surface area contributed by atoms with E-state index in [0.717, 1.165) is 11.1 Å². The molecule has 0 saturated carbocycles. The summed E-state index contributed by atoms with van der Waals surface area (Å²) in [5.41, 5.74) is 2.35. The van der Waals surface area contributed by atoms with E-state index in [1.807, 2.05) is 123 Å². The van der Waals surface area contributed by atoms with Gasteiger partial charge in [-0.1, -0.05) is 108 Å². The van der Waals surface area contributed by atoms with Crippen LogP contribution in [0.3, 0.4) is 0 Å². The second kappa shape index (κ2) is 11.2. The zero-order valence-corrected chi connectivity index (χ0v) is 22.3. The summed E-state index contributed by atoms with van der Waals surface area (Å²) in [5.74, 6) is 0.365. The summed E-state index contributed by atoms with van der Waals surface area (Å²) < 4.78 is 23.2. The van der Waals surface area contributed by atoms with Gasteiger partial charge in [-0.05, 0) is 37.6 Å². The monoisotopic (exact) mass is 523 g/mol. The first-order chi connectivity index (χ1) is 18.5. The number of aromatic nitrogens is 3. The van der Waals surface area contributed by atoms with Crippen LogP contribution >= 0.6 is 7.14 Å². The largest absolute Gasteiger partial charge is 0.478 e. The summed E-state index contributed by atoms with van der Waals surface area (Å²) in [5, 5.41) is 21.9. The van der Waals surface area contributed by atoms with Crippen molar-refractivity contribution in [2.24, 2.45) is 0 Å². The maximum atomic E-state index is 15.5. The van der Waals surface area contributed by atoms with Crippen molar-refractivity contribution in [3.63, 3.8) is 0 Å². The molecule has 1 aromatic heterocycles. The number of ether oxygens (including phenoxy) is 1. The highest BCUT2D eigenvalue weighted by Gasteiger charge is 2.41. The predicted molar refractivity (Wildman–Crippen MR) is 153 cm³/mol. The van der Waals surface area contributed by atoms with Crippen molar-refractivity contribution in [3.05, 3.63) is 126 Å². The van der Waals surface area contributed by atoms with Gasteiger partial charge in [0.15, 0.2) is 7.14 Å². The highest BCUT2D eigenvalue weighted by atomic mass is 31.2. The normalized spacial score (nSPS) is 13.8. The molecule has 2 atom stereocenters. The second-order valence-electron chi connectivity index (χ2n) is 9.10. The number of hydrogen-bond acceptors (Lipinski definition) is 5. The van der Waals surface area contributed by atoms with Gasteiger partial charge in [0.25, 0.3) is 0 Å².